The molecule has 0 saturated heterocycles. The highest BCUT2D eigenvalue weighted by atomic mass is 16.4. The Morgan fingerprint density at radius 1 is 1.48 bits per heavy atom. The van der Waals surface area contributed by atoms with Crippen LogP contribution in [-0.4, -0.2) is 36.2 Å². The lowest BCUT2D eigenvalue weighted by Crippen LogP contribution is -2.50. The van der Waals surface area contributed by atoms with Crippen LogP contribution in [0.2, 0.25) is 0 Å². The van der Waals surface area contributed by atoms with Gasteiger partial charge in [-0.3, -0.25) is 4.79 Å². The third kappa shape index (κ3) is 3.05. The summed E-state index contributed by atoms with van der Waals surface area (Å²) in [5, 5.41) is 12.5. The normalized spacial score (nSPS) is 20.1. The molecule has 0 aromatic heterocycles. The molecule has 0 fully saturated rings. The van der Waals surface area contributed by atoms with E-state index in [4.69, 9.17) is 0 Å². The lowest BCUT2D eigenvalue weighted by molar-refractivity contribution is -0.145. The number of carboxylic acid groups (broad SMARTS) is 1. The van der Waals surface area contributed by atoms with Crippen molar-refractivity contribution in [2.75, 3.05) is 18.5 Å². The van der Waals surface area contributed by atoms with Gasteiger partial charge in [-0.1, -0.05) is 25.1 Å². The number of aliphatic carboxylic acids is 1. The van der Waals surface area contributed by atoms with Gasteiger partial charge in [-0.15, -0.1) is 0 Å². The largest absolute Gasteiger partial charge is 0.480 e. The molecule has 2 atom stereocenters. The van der Waals surface area contributed by atoms with Gasteiger partial charge in [-0.2, -0.15) is 0 Å². The summed E-state index contributed by atoms with van der Waals surface area (Å²) < 4.78 is 0. The van der Waals surface area contributed by atoms with Crippen molar-refractivity contribution in [3.05, 3.63) is 29.8 Å². The Balaban J connectivity index is 1.99. The van der Waals surface area contributed by atoms with Gasteiger partial charge in [-0.05, 0) is 51.3 Å². The highest BCUT2D eigenvalue weighted by Gasteiger charge is 2.35. The third-order valence-corrected chi connectivity index (χ3v) is 4.84. The first-order chi connectivity index (χ1) is 10.0. The van der Waals surface area contributed by atoms with E-state index in [1.165, 1.54) is 11.3 Å². The summed E-state index contributed by atoms with van der Waals surface area (Å²) in [5.41, 5.74) is 1.92. The first-order valence-electron chi connectivity index (χ1n) is 7.81. The predicted octanol–water partition coefficient (Wildman–Crippen LogP) is 2.67. The first kappa shape index (κ1) is 15.8. The molecule has 0 bridgehead atoms. The average molecular weight is 290 g/mol. The second-order valence-corrected chi connectivity index (χ2v) is 5.97. The van der Waals surface area contributed by atoms with Gasteiger partial charge < -0.3 is 15.3 Å². The topological polar surface area (TPSA) is 52.6 Å². The van der Waals surface area contributed by atoms with Crippen LogP contribution in [-0.2, 0) is 11.2 Å². The summed E-state index contributed by atoms with van der Waals surface area (Å²) in [7, 11) is 1.74. The predicted molar refractivity (Wildman–Crippen MR) is 85.9 cm³/mol. The molecule has 4 nitrogen and oxygen atoms in total. The summed E-state index contributed by atoms with van der Waals surface area (Å²) in [6.45, 7) is 5.08. The quantitative estimate of drug-likeness (QED) is 0.810. The molecular formula is C17H26N2O2. The number of nitrogens with one attached hydrogen (secondary N) is 1. The van der Waals surface area contributed by atoms with Gasteiger partial charge in [0.2, 0.25) is 0 Å². The fraction of sp³-hybridized carbons (Fsp3) is 0.588. The summed E-state index contributed by atoms with van der Waals surface area (Å²) in [6.07, 6.45) is 3.21. The Kier molecular flexibility index (Phi) is 4.88. The Morgan fingerprint density at radius 2 is 2.19 bits per heavy atom. The zero-order valence-electron chi connectivity index (χ0n) is 13.2. The van der Waals surface area contributed by atoms with Crippen LogP contribution in [0.1, 0.15) is 38.7 Å². The maximum atomic E-state index is 11.5. The highest BCUT2D eigenvalue weighted by molar-refractivity contribution is 5.78. The molecular weight excluding hydrogens is 264 g/mol. The van der Waals surface area contributed by atoms with E-state index >= 15 is 0 Å². The number of hydrogen-bond acceptors (Lipinski definition) is 3. The zero-order valence-corrected chi connectivity index (χ0v) is 13.2. The second-order valence-electron chi connectivity index (χ2n) is 5.97. The van der Waals surface area contributed by atoms with Crippen LogP contribution in [0.25, 0.3) is 0 Å². The summed E-state index contributed by atoms with van der Waals surface area (Å²) in [5.74, 6) is -0.748. The monoisotopic (exact) mass is 290 g/mol. The molecule has 1 aliphatic rings. The van der Waals surface area contributed by atoms with Crippen molar-refractivity contribution in [1.82, 2.24) is 5.32 Å². The van der Waals surface area contributed by atoms with Crippen molar-refractivity contribution < 1.29 is 9.90 Å². The van der Waals surface area contributed by atoms with Crippen molar-refractivity contribution in [2.24, 2.45) is 0 Å². The number of carboxylic acids is 1. The molecule has 21 heavy (non-hydrogen) atoms. The molecule has 0 amide bonds. The van der Waals surface area contributed by atoms with Crippen molar-refractivity contribution in [2.45, 2.75) is 51.1 Å². The number of fused-ring (bicyclic) bond motifs is 1. The Hall–Kier alpha value is -1.55. The number of para-hydroxylation sites is 1. The van der Waals surface area contributed by atoms with Crippen LogP contribution in [0.4, 0.5) is 5.69 Å². The van der Waals surface area contributed by atoms with Crippen LogP contribution in [0.15, 0.2) is 24.3 Å². The molecule has 2 unspecified atom stereocenters. The molecule has 1 heterocycles. The molecule has 116 valence electrons. The van der Waals surface area contributed by atoms with E-state index in [1.54, 1.807) is 7.05 Å². The molecule has 4 heteroatoms. The number of carbonyl (C=O) groups is 1. The van der Waals surface area contributed by atoms with Gasteiger partial charge >= 0.3 is 5.97 Å². The van der Waals surface area contributed by atoms with Crippen molar-refractivity contribution in [3.8, 4) is 0 Å². The number of benzene rings is 1. The molecule has 0 saturated carbocycles. The Bertz CT molecular complexity index is 497. The van der Waals surface area contributed by atoms with E-state index < -0.39 is 11.5 Å². The molecule has 1 aromatic carbocycles. The standard InChI is InChI=1S/C17H26N2O2/c1-4-17(18-3,16(20)21)10-7-11-19-13(2)12-14-8-5-6-9-15(14)19/h5-6,8-9,13,18H,4,7,10-12H2,1-3H3,(H,20,21). The fourth-order valence-corrected chi connectivity index (χ4v) is 3.37. The van der Waals surface area contributed by atoms with Crippen molar-refractivity contribution in [1.29, 1.82) is 0 Å². The van der Waals surface area contributed by atoms with Gasteiger partial charge in [0, 0.05) is 18.3 Å². The molecule has 1 aliphatic heterocycles. The van der Waals surface area contributed by atoms with Gasteiger partial charge in [0.15, 0.2) is 0 Å². The van der Waals surface area contributed by atoms with E-state index in [0.29, 0.717) is 18.9 Å². The number of rotatable bonds is 7. The molecule has 2 N–H and O–H groups in total. The zero-order chi connectivity index (χ0) is 15.5. The SMILES string of the molecule is CCC(CCCN1c2ccccc2CC1C)(NC)C(=O)O. The van der Waals surface area contributed by atoms with E-state index in [1.807, 2.05) is 6.92 Å². The minimum absolute atomic E-state index is 0.498. The first-order valence-corrected chi connectivity index (χ1v) is 7.81. The fourth-order valence-electron chi connectivity index (χ4n) is 3.37. The summed E-state index contributed by atoms with van der Waals surface area (Å²) in [4.78, 5) is 13.9. The Morgan fingerprint density at radius 3 is 2.81 bits per heavy atom. The van der Waals surface area contributed by atoms with Crippen molar-refractivity contribution in [3.63, 3.8) is 0 Å². The lowest BCUT2D eigenvalue weighted by atomic mass is 9.90. The lowest BCUT2D eigenvalue weighted by Gasteiger charge is -2.30. The van der Waals surface area contributed by atoms with Gasteiger partial charge in [0.05, 0.1) is 0 Å². The number of anilines is 1. The highest BCUT2D eigenvalue weighted by Crippen LogP contribution is 2.32. The van der Waals surface area contributed by atoms with E-state index in [-0.39, 0.29) is 0 Å². The number of nitrogens with zero attached hydrogens (tertiary/aromatic N) is 1. The maximum absolute atomic E-state index is 11.5. The number of likely N-dealkylation sites (N-methyl/N-ethyl adjacent to an activating group) is 1. The van der Waals surface area contributed by atoms with E-state index in [9.17, 15) is 9.90 Å². The Labute approximate surface area is 127 Å². The van der Waals surface area contributed by atoms with Crippen molar-refractivity contribution >= 4 is 11.7 Å². The van der Waals surface area contributed by atoms with Crippen LogP contribution in [0, 0.1) is 0 Å². The van der Waals surface area contributed by atoms with Crippen LogP contribution < -0.4 is 10.2 Å². The van der Waals surface area contributed by atoms with Gasteiger partial charge in [0.1, 0.15) is 5.54 Å². The van der Waals surface area contributed by atoms with Gasteiger partial charge in [0.25, 0.3) is 0 Å². The minimum Gasteiger partial charge on any atom is -0.480 e. The molecule has 2 rings (SSSR count). The molecule has 0 radical (unpaired) electrons. The van der Waals surface area contributed by atoms with Crippen LogP contribution in [0.3, 0.4) is 0 Å². The second kappa shape index (κ2) is 6.48. The summed E-state index contributed by atoms with van der Waals surface area (Å²) in [6, 6.07) is 9.01. The van der Waals surface area contributed by atoms with Crippen LogP contribution in [0.5, 0.6) is 0 Å². The molecule has 0 aliphatic carbocycles. The molecule has 0 spiro atoms. The van der Waals surface area contributed by atoms with E-state index in [0.717, 1.165) is 19.4 Å². The number of hydrogen-bond donors (Lipinski definition) is 2. The summed E-state index contributed by atoms with van der Waals surface area (Å²) >= 11 is 0. The average Bonchev–Trinajstić information content (AvgIpc) is 2.79. The van der Waals surface area contributed by atoms with E-state index in [2.05, 4.69) is 41.4 Å². The molecule has 1 aromatic rings. The third-order valence-electron chi connectivity index (χ3n) is 4.84. The van der Waals surface area contributed by atoms with Crippen LogP contribution >= 0.6 is 0 Å². The minimum atomic E-state index is -0.789. The van der Waals surface area contributed by atoms with Gasteiger partial charge in [-0.25, -0.2) is 0 Å². The smallest absolute Gasteiger partial charge is 0.323 e. The maximum Gasteiger partial charge on any atom is 0.323 e.